The molecule has 3 aromatic rings. The van der Waals surface area contributed by atoms with E-state index in [1.54, 1.807) is 0 Å². The summed E-state index contributed by atoms with van der Waals surface area (Å²) in [6, 6.07) is 14.5. The van der Waals surface area contributed by atoms with E-state index in [1.807, 2.05) is 24.3 Å². The number of halogens is 2. The summed E-state index contributed by atoms with van der Waals surface area (Å²) < 4.78 is 29.4. The summed E-state index contributed by atoms with van der Waals surface area (Å²) in [5.41, 5.74) is 7.01. The van der Waals surface area contributed by atoms with E-state index in [0.717, 1.165) is 48.3 Å². The van der Waals surface area contributed by atoms with Gasteiger partial charge >= 0.3 is 0 Å². The zero-order valence-corrected chi connectivity index (χ0v) is 21.1. The average molecular weight is 467 g/mol. The molecule has 0 bridgehead atoms. The highest BCUT2D eigenvalue weighted by atomic mass is 19.1. The fraction of sp³-hybridized carbons (Fsp3) is 0.333. The van der Waals surface area contributed by atoms with Crippen molar-refractivity contribution in [2.24, 2.45) is 11.8 Å². The standard InChI is InChI=1S/C33H32F2/c1-22-5-7-28(8-6-22)19-31-32(34)20-30(21-33(31)35)16-14-27-11-9-26(10-12-27)13-15-29-17-23(2)25(4)24(3)18-29/h9-12,17-18,20-22,28H,5-8,19H2,1-4H3. The van der Waals surface area contributed by atoms with Gasteiger partial charge in [-0.1, -0.05) is 43.4 Å². The lowest BCUT2D eigenvalue weighted by atomic mass is 9.80. The molecule has 35 heavy (non-hydrogen) atoms. The smallest absolute Gasteiger partial charge is 0.130 e. The lowest BCUT2D eigenvalue weighted by Crippen LogP contribution is -2.15. The van der Waals surface area contributed by atoms with Crippen molar-refractivity contribution in [1.29, 1.82) is 0 Å². The predicted molar refractivity (Wildman–Crippen MR) is 140 cm³/mol. The van der Waals surface area contributed by atoms with Crippen molar-refractivity contribution in [3.63, 3.8) is 0 Å². The van der Waals surface area contributed by atoms with E-state index in [0.29, 0.717) is 17.9 Å². The van der Waals surface area contributed by atoms with Crippen LogP contribution in [-0.4, -0.2) is 0 Å². The van der Waals surface area contributed by atoms with Gasteiger partial charge in [0.15, 0.2) is 0 Å². The maximum atomic E-state index is 14.7. The molecule has 178 valence electrons. The second-order valence-electron chi connectivity index (χ2n) is 10.1. The quantitative estimate of drug-likeness (QED) is 0.335. The summed E-state index contributed by atoms with van der Waals surface area (Å²) >= 11 is 0. The summed E-state index contributed by atoms with van der Waals surface area (Å²) in [6.07, 6.45) is 4.86. The maximum absolute atomic E-state index is 14.7. The topological polar surface area (TPSA) is 0 Å². The minimum atomic E-state index is -0.486. The van der Waals surface area contributed by atoms with Gasteiger partial charge in [-0.25, -0.2) is 8.78 Å². The first-order chi connectivity index (χ1) is 16.8. The molecule has 0 saturated heterocycles. The molecule has 0 N–H and O–H groups in total. The van der Waals surface area contributed by atoms with Crippen LogP contribution >= 0.6 is 0 Å². The highest BCUT2D eigenvalue weighted by Gasteiger charge is 2.21. The Labute approximate surface area is 208 Å². The lowest BCUT2D eigenvalue weighted by Gasteiger charge is -2.26. The molecule has 0 heterocycles. The van der Waals surface area contributed by atoms with E-state index < -0.39 is 11.6 Å². The third-order valence-corrected chi connectivity index (χ3v) is 7.28. The number of hydrogen-bond donors (Lipinski definition) is 0. The monoisotopic (exact) mass is 466 g/mol. The van der Waals surface area contributed by atoms with Crippen molar-refractivity contribution in [3.8, 4) is 23.7 Å². The largest absolute Gasteiger partial charge is 0.207 e. The van der Waals surface area contributed by atoms with Crippen molar-refractivity contribution >= 4 is 0 Å². The third kappa shape index (κ3) is 6.41. The molecule has 0 aliphatic heterocycles. The van der Waals surface area contributed by atoms with Crippen molar-refractivity contribution < 1.29 is 8.78 Å². The van der Waals surface area contributed by atoms with Gasteiger partial charge in [-0.05, 0) is 117 Å². The van der Waals surface area contributed by atoms with Crippen molar-refractivity contribution in [3.05, 3.63) is 105 Å². The molecule has 3 aromatic carbocycles. The van der Waals surface area contributed by atoms with Gasteiger partial charge in [-0.15, -0.1) is 0 Å². The summed E-state index contributed by atoms with van der Waals surface area (Å²) in [6.45, 7) is 8.57. The van der Waals surface area contributed by atoms with Crippen LogP contribution in [0.2, 0.25) is 0 Å². The van der Waals surface area contributed by atoms with Crippen LogP contribution in [-0.2, 0) is 6.42 Å². The van der Waals surface area contributed by atoms with Gasteiger partial charge in [0.05, 0.1) is 0 Å². The highest BCUT2D eigenvalue weighted by Crippen LogP contribution is 2.32. The predicted octanol–water partition coefficient (Wildman–Crippen LogP) is 8.06. The maximum Gasteiger partial charge on any atom is 0.130 e. The Morgan fingerprint density at radius 3 is 1.57 bits per heavy atom. The van der Waals surface area contributed by atoms with Crippen molar-refractivity contribution in [2.45, 2.75) is 59.8 Å². The molecule has 0 amide bonds. The summed E-state index contributed by atoms with van der Waals surface area (Å²) in [4.78, 5) is 0. The Bertz CT molecular complexity index is 1290. The van der Waals surface area contributed by atoms with E-state index in [4.69, 9.17) is 0 Å². The van der Waals surface area contributed by atoms with Crippen LogP contribution < -0.4 is 0 Å². The minimum Gasteiger partial charge on any atom is -0.207 e. The first-order valence-corrected chi connectivity index (χ1v) is 12.5. The van der Waals surface area contributed by atoms with Crippen molar-refractivity contribution in [1.82, 2.24) is 0 Å². The fourth-order valence-electron chi connectivity index (χ4n) is 4.73. The molecule has 4 rings (SSSR count). The molecule has 0 nitrogen and oxygen atoms in total. The van der Waals surface area contributed by atoms with Crippen molar-refractivity contribution in [2.75, 3.05) is 0 Å². The molecule has 0 atom stereocenters. The van der Waals surface area contributed by atoms with E-state index in [9.17, 15) is 8.78 Å². The number of hydrogen-bond acceptors (Lipinski definition) is 0. The fourth-order valence-corrected chi connectivity index (χ4v) is 4.73. The van der Waals surface area contributed by atoms with Gasteiger partial charge in [0.2, 0.25) is 0 Å². The Hall–Kier alpha value is -3.36. The SMILES string of the molecule is Cc1cc(C#Cc2ccc(C#Cc3cc(F)c(CC4CCC(C)CC4)c(F)c3)cc2)cc(C)c1C. The molecule has 1 aliphatic carbocycles. The molecule has 0 unspecified atom stereocenters. The van der Waals surface area contributed by atoms with Crippen LogP contribution in [0, 0.1) is 67.9 Å². The second-order valence-corrected chi connectivity index (χ2v) is 10.1. The number of benzene rings is 3. The summed E-state index contributed by atoms with van der Waals surface area (Å²) in [7, 11) is 0. The zero-order valence-electron chi connectivity index (χ0n) is 21.1. The molecule has 0 radical (unpaired) electrons. The Balaban J connectivity index is 1.44. The average Bonchev–Trinajstić information content (AvgIpc) is 2.84. The Morgan fingerprint density at radius 1 is 0.657 bits per heavy atom. The highest BCUT2D eigenvalue weighted by molar-refractivity contribution is 5.50. The van der Waals surface area contributed by atoms with Crippen LogP contribution in [0.25, 0.3) is 0 Å². The van der Waals surface area contributed by atoms with Gasteiger partial charge < -0.3 is 0 Å². The van der Waals surface area contributed by atoms with Gasteiger partial charge in [0.25, 0.3) is 0 Å². The molecule has 1 aliphatic rings. The van der Waals surface area contributed by atoms with E-state index in [1.165, 1.54) is 28.8 Å². The van der Waals surface area contributed by atoms with Gasteiger partial charge in [0, 0.05) is 27.8 Å². The van der Waals surface area contributed by atoms with Crippen LogP contribution in [0.15, 0.2) is 48.5 Å². The zero-order chi connectivity index (χ0) is 24.9. The van der Waals surface area contributed by atoms with Crippen LogP contribution in [0.4, 0.5) is 8.78 Å². The molecule has 0 aromatic heterocycles. The Morgan fingerprint density at radius 2 is 1.09 bits per heavy atom. The molecular formula is C33H32F2. The van der Waals surface area contributed by atoms with Crippen LogP contribution in [0.1, 0.15) is 77.1 Å². The normalized spacial score (nSPS) is 17.2. The van der Waals surface area contributed by atoms with Gasteiger partial charge in [-0.2, -0.15) is 0 Å². The molecule has 2 heteroatoms. The van der Waals surface area contributed by atoms with Gasteiger partial charge in [-0.3, -0.25) is 0 Å². The summed E-state index contributed by atoms with van der Waals surface area (Å²) in [5.74, 6) is 12.5. The number of aryl methyl sites for hydroxylation is 2. The molecular weight excluding hydrogens is 434 g/mol. The summed E-state index contributed by atoms with van der Waals surface area (Å²) in [5, 5.41) is 0. The van der Waals surface area contributed by atoms with Crippen LogP contribution in [0.3, 0.4) is 0 Å². The van der Waals surface area contributed by atoms with E-state index in [-0.39, 0.29) is 5.56 Å². The molecule has 1 fully saturated rings. The minimum absolute atomic E-state index is 0.206. The van der Waals surface area contributed by atoms with E-state index in [2.05, 4.69) is 63.5 Å². The molecule has 1 saturated carbocycles. The molecule has 0 spiro atoms. The third-order valence-electron chi connectivity index (χ3n) is 7.28. The Kier molecular flexibility index (Phi) is 7.73. The second kappa shape index (κ2) is 10.9. The van der Waals surface area contributed by atoms with Crippen LogP contribution in [0.5, 0.6) is 0 Å². The number of rotatable bonds is 2. The first-order valence-electron chi connectivity index (χ1n) is 12.5. The van der Waals surface area contributed by atoms with Gasteiger partial charge in [0.1, 0.15) is 11.6 Å². The lowest BCUT2D eigenvalue weighted by molar-refractivity contribution is 0.285. The van der Waals surface area contributed by atoms with E-state index >= 15 is 0 Å². The first kappa shape index (κ1) is 24.8.